The van der Waals surface area contributed by atoms with E-state index in [4.69, 9.17) is 37.0 Å². The highest BCUT2D eigenvalue weighted by Crippen LogP contribution is 2.45. The van der Waals surface area contributed by atoms with Crippen molar-refractivity contribution in [3.63, 3.8) is 0 Å². The predicted octanol–water partition coefficient (Wildman–Crippen LogP) is 21.7. The largest absolute Gasteiger partial charge is 0.472 e. The molecule has 0 spiro atoms. The highest BCUT2D eigenvalue weighted by molar-refractivity contribution is 7.47. The lowest BCUT2D eigenvalue weighted by molar-refractivity contribution is -0.161. The van der Waals surface area contributed by atoms with Gasteiger partial charge in [-0.1, -0.05) is 325 Å². The maximum atomic E-state index is 13.1. The first kappa shape index (κ1) is 92.1. The second-order valence-electron chi connectivity index (χ2n) is 28.5. The van der Waals surface area contributed by atoms with Gasteiger partial charge in [0.2, 0.25) is 0 Å². The van der Waals surface area contributed by atoms with Crippen LogP contribution in [-0.2, 0) is 65.4 Å². The third-order valence-electron chi connectivity index (χ3n) is 18.0. The number of phosphoric acid groups is 2. The number of hydrogen-bond acceptors (Lipinski definition) is 15. The molecule has 0 amide bonds. The van der Waals surface area contributed by atoms with Crippen LogP contribution >= 0.6 is 15.6 Å². The summed E-state index contributed by atoms with van der Waals surface area (Å²) in [5, 5.41) is 10.6. The van der Waals surface area contributed by atoms with Crippen LogP contribution in [0.15, 0.2) is 0 Å². The Morgan fingerprint density at radius 2 is 0.511 bits per heavy atom. The van der Waals surface area contributed by atoms with Gasteiger partial charge >= 0.3 is 39.5 Å². The molecule has 7 atom stereocenters. The zero-order chi connectivity index (χ0) is 69.6. The van der Waals surface area contributed by atoms with Gasteiger partial charge in [-0.3, -0.25) is 37.3 Å². The van der Waals surface area contributed by atoms with Gasteiger partial charge in [-0.15, -0.1) is 0 Å². The van der Waals surface area contributed by atoms with E-state index in [1.807, 2.05) is 0 Å². The molecule has 5 unspecified atom stereocenters. The number of ether oxygens (including phenoxy) is 4. The third-order valence-corrected chi connectivity index (χ3v) is 19.9. The summed E-state index contributed by atoms with van der Waals surface area (Å²) in [6.07, 6.45) is 48.8. The Kier molecular flexibility index (Phi) is 63.1. The molecule has 558 valence electrons. The first-order chi connectivity index (χ1) is 45.2. The number of unbranched alkanes of at least 4 members (excludes halogenated alkanes) is 36. The van der Waals surface area contributed by atoms with Crippen molar-refractivity contribution in [1.82, 2.24) is 0 Å². The van der Waals surface area contributed by atoms with E-state index in [9.17, 15) is 43.2 Å². The topological polar surface area (TPSA) is 237 Å². The lowest BCUT2D eigenvalue weighted by Crippen LogP contribution is -2.30. The minimum absolute atomic E-state index is 0.104. The van der Waals surface area contributed by atoms with Crippen LogP contribution in [0.5, 0.6) is 0 Å². The van der Waals surface area contributed by atoms with E-state index in [-0.39, 0.29) is 25.7 Å². The molecular formula is C75H146O17P2. The number of aliphatic hydroxyl groups excluding tert-OH is 1. The van der Waals surface area contributed by atoms with Crippen molar-refractivity contribution in [3.8, 4) is 0 Å². The van der Waals surface area contributed by atoms with Crippen molar-refractivity contribution in [3.05, 3.63) is 0 Å². The Morgan fingerprint density at radius 1 is 0.298 bits per heavy atom. The van der Waals surface area contributed by atoms with Gasteiger partial charge in [0.1, 0.15) is 19.3 Å². The molecule has 0 saturated carbocycles. The van der Waals surface area contributed by atoms with Gasteiger partial charge < -0.3 is 33.8 Å². The fourth-order valence-electron chi connectivity index (χ4n) is 11.3. The Labute approximate surface area is 575 Å². The average molecular weight is 1380 g/mol. The van der Waals surface area contributed by atoms with E-state index in [0.717, 1.165) is 120 Å². The van der Waals surface area contributed by atoms with Gasteiger partial charge in [-0.2, -0.15) is 0 Å². The number of rotatable bonds is 72. The number of esters is 4. The maximum Gasteiger partial charge on any atom is 0.472 e. The molecule has 0 saturated heterocycles. The molecule has 19 heteroatoms. The van der Waals surface area contributed by atoms with Crippen molar-refractivity contribution in [1.29, 1.82) is 0 Å². The lowest BCUT2D eigenvalue weighted by Gasteiger charge is -2.21. The van der Waals surface area contributed by atoms with Gasteiger partial charge in [-0.25, -0.2) is 9.13 Å². The lowest BCUT2D eigenvalue weighted by atomic mass is 9.99. The average Bonchev–Trinajstić information content (AvgIpc) is 2.04. The van der Waals surface area contributed by atoms with E-state index < -0.39 is 97.5 Å². The van der Waals surface area contributed by atoms with E-state index >= 15 is 0 Å². The van der Waals surface area contributed by atoms with E-state index in [1.165, 1.54) is 167 Å². The van der Waals surface area contributed by atoms with Gasteiger partial charge in [0.25, 0.3) is 0 Å². The smallest absolute Gasteiger partial charge is 0.462 e. The Balaban J connectivity index is 5.16. The summed E-state index contributed by atoms with van der Waals surface area (Å²) in [6, 6.07) is 0. The summed E-state index contributed by atoms with van der Waals surface area (Å²) in [7, 11) is -9.91. The molecule has 0 bridgehead atoms. The summed E-state index contributed by atoms with van der Waals surface area (Å²) < 4.78 is 68.4. The van der Waals surface area contributed by atoms with Crippen LogP contribution in [0.4, 0.5) is 0 Å². The number of aliphatic hydroxyl groups is 1. The third kappa shape index (κ3) is 66.0. The van der Waals surface area contributed by atoms with Crippen LogP contribution in [0.25, 0.3) is 0 Å². The summed E-state index contributed by atoms with van der Waals surface area (Å²) in [4.78, 5) is 72.7. The summed E-state index contributed by atoms with van der Waals surface area (Å²) in [6.45, 7) is 14.1. The van der Waals surface area contributed by atoms with Crippen LogP contribution in [0.2, 0.25) is 0 Å². The van der Waals surface area contributed by atoms with Crippen LogP contribution in [0.3, 0.4) is 0 Å². The molecule has 0 aromatic carbocycles. The highest BCUT2D eigenvalue weighted by atomic mass is 31.2. The monoisotopic (exact) mass is 1380 g/mol. The van der Waals surface area contributed by atoms with Gasteiger partial charge in [0.15, 0.2) is 12.2 Å². The highest BCUT2D eigenvalue weighted by Gasteiger charge is 2.30. The molecule has 3 N–H and O–H groups in total. The van der Waals surface area contributed by atoms with Crippen LogP contribution < -0.4 is 0 Å². The van der Waals surface area contributed by atoms with E-state index in [2.05, 4.69) is 55.4 Å². The second-order valence-corrected chi connectivity index (χ2v) is 31.4. The quantitative estimate of drug-likeness (QED) is 0.0222. The van der Waals surface area contributed by atoms with E-state index in [1.54, 1.807) is 0 Å². The molecule has 0 radical (unpaired) electrons. The predicted molar refractivity (Wildman–Crippen MR) is 381 cm³/mol. The standard InChI is InChI=1S/C75H146O17P2/c1-9-67(7)53-45-37-29-23-19-17-15-13-11-12-14-16-18-20-24-30-41-49-57-74(79)91-70(61-85-72(77)55-47-39-32-26-28-36-44-52-66(5)6)63-89-93(81,82)87-59-69(76)60-88-94(83,84)90-64-71(62-86-73(78)56-48-40-34-33-38-46-54-68(8)10-2)92-75(80)58-50-42-31-25-21-22-27-35-43-51-65(3)4/h65-71,76H,9-64H2,1-8H3,(H,81,82)(H,83,84)/t67?,68?,69?,70-,71-/m1/s1. The van der Waals surface area contributed by atoms with Crippen LogP contribution in [0.1, 0.15) is 376 Å². The Bertz CT molecular complexity index is 1850. The van der Waals surface area contributed by atoms with Crippen molar-refractivity contribution >= 4 is 39.5 Å². The normalized spacial score (nSPS) is 14.7. The van der Waals surface area contributed by atoms with Gasteiger partial charge in [0.05, 0.1) is 26.4 Å². The van der Waals surface area contributed by atoms with Crippen molar-refractivity contribution in [2.24, 2.45) is 23.7 Å². The molecule has 17 nitrogen and oxygen atoms in total. The fourth-order valence-corrected chi connectivity index (χ4v) is 12.9. The number of hydrogen-bond donors (Lipinski definition) is 3. The second kappa shape index (κ2) is 64.4. The molecule has 94 heavy (non-hydrogen) atoms. The van der Waals surface area contributed by atoms with E-state index in [0.29, 0.717) is 31.6 Å². The van der Waals surface area contributed by atoms with Gasteiger partial charge in [-0.05, 0) is 49.4 Å². The molecule has 0 aromatic heterocycles. The summed E-state index contributed by atoms with van der Waals surface area (Å²) in [5.41, 5.74) is 0. The molecule has 0 aliphatic heterocycles. The molecule has 0 fully saturated rings. The van der Waals surface area contributed by atoms with Crippen molar-refractivity contribution < 1.29 is 80.2 Å². The van der Waals surface area contributed by atoms with Crippen LogP contribution in [-0.4, -0.2) is 96.7 Å². The molecule has 0 aliphatic carbocycles. The zero-order valence-electron chi connectivity index (χ0n) is 61.6. The van der Waals surface area contributed by atoms with Gasteiger partial charge in [0, 0.05) is 25.7 Å². The minimum atomic E-state index is -4.96. The zero-order valence-corrected chi connectivity index (χ0v) is 63.4. The SMILES string of the molecule is CCC(C)CCCCCCCCCCCCCCCCCCCCC(=O)O[C@H](COC(=O)CCCCCCCCCC(C)C)COP(=O)(O)OCC(O)COP(=O)(O)OC[C@@H](COC(=O)CCCCCCCCC(C)CC)OC(=O)CCCCCCCCCCCC(C)C. The molecular weight excluding hydrogens is 1230 g/mol. The summed E-state index contributed by atoms with van der Waals surface area (Å²) >= 11 is 0. The molecule has 0 aliphatic rings. The first-order valence-electron chi connectivity index (χ1n) is 38.8. The molecule has 0 rings (SSSR count). The maximum absolute atomic E-state index is 13.1. The molecule has 0 aromatic rings. The fraction of sp³-hybridized carbons (Fsp3) is 0.947. The first-order valence-corrected chi connectivity index (χ1v) is 41.8. The number of carbonyl (C=O) groups excluding carboxylic acids is 4. The van der Waals surface area contributed by atoms with Crippen LogP contribution in [0, 0.1) is 23.7 Å². The minimum Gasteiger partial charge on any atom is -0.462 e. The Morgan fingerprint density at radius 3 is 0.755 bits per heavy atom. The summed E-state index contributed by atoms with van der Waals surface area (Å²) in [5.74, 6) is 0.917. The van der Waals surface area contributed by atoms with Crippen molar-refractivity contribution in [2.75, 3.05) is 39.6 Å². The number of carbonyl (C=O) groups is 4. The Hall–Kier alpha value is -1.94. The molecule has 0 heterocycles. The van der Waals surface area contributed by atoms with Crippen molar-refractivity contribution in [2.45, 2.75) is 395 Å². The number of phosphoric ester groups is 2.